The molecule has 0 fully saturated rings. The number of fused-ring (bicyclic) bond motifs is 5. The molecule has 5 heteroatoms. The lowest BCUT2D eigenvalue weighted by Gasteiger charge is -2.33. The van der Waals surface area contributed by atoms with Crippen LogP contribution >= 0.6 is 0 Å². The van der Waals surface area contributed by atoms with Crippen molar-refractivity contribution in [2.75, 3.05) is 6.54 Å². The molecule has 3 aromatic carbocycles. The molecule has 43 heavy (non-hydrogen) atoms. The average molecular weight is 576 g/mol. The lowest BCUT2D eigenvalue weighted by atomic mass is 9.79. The number of nitrogens with zero attached hydrogens (tertiary/aromatic N) is 3. The van der Waals surface area contributed by atoms with E-state index in [9.17, 15) is 0 Å². The monoisotopic (exact) mass is 575 g/mol. The van der Waals surface area contributed by atoms with Gasteiger partial charge in [-0.3, -0.25) is 0 Å². The number of hydrogen-bond donors (Lipinski definition) is 0. The molecule has 0 aromatic heterocycles. The molecule has 1 unspecified atom stereocenters. The van der Waals surface area contributed by atoms with Gasteiger partial charge >= 0.3 is 6.03 Å². The highest BCUT2D eigenvalue weighted by Crippen LogP contribution is 2.52. The fourth-order valence-corrected chi connectivity index (χ4v) is 6.35. The van der Waals surface area contributed by atoms with E-state index in [2.05, 4.69) is 137 Å². The van der Waals surface area contributed by atoms with E-state index in [0.29, 0.717) is 6.54 Å². The summed E-state index contributed by atoms with van der Waals surface area (Å²) >= 11 is 0. The molecule has 3 aliphatic rings. The predicted molar refractivity (Wildman–Crippen MR) is 174 cm³/mol. The van der Waals surface area contributed by atoms with Crippen LogP contribution in [-0.4, -0.2) is 34.2 Å². The molecule has 5 nitrogen and oxygen atoms in total. The van der Waals surface area contributed by atoms with Crippen molar-refractivity contribution >= 4 is 23.8 Å². The van der Waals surface area contributed by atoms with Crippen molar-refractivity contribution in [3.63, 3.8) is 0 Å². The number of aryl methyl sites for hydroxylation is 1. The summed E-state index contributed by atoms with van der Waals surface area (Å²) in [6.07, 6.45) is 7.30. The fraction of sp³-hybridized carbons (Fsp3) is 0.447. The predicted octanol–water partition coefficient (Wildman–Crippen LogP) is 8.76. The Labute approximate surface area is 257 Å². The van der Waals surface area contributed by atoms with Crippen LogP contribution in [-0.2, 0) is 22.7 Å². The summed E-state index contributed by atoms with van der Waals surface area (Å²) < 4.78 is 18.8. The third-order valence-corrected chi connectivity index (χ3v) is 8.78. The molecule has 0 amide bonds. The van der Waals surface area contributed by atoms with Gasteiger partial charge in [-0.25, -0.2) is 6.57 Å². The molecular weight excluding hydrogens is 530 g/mol. The number of para-hydroxylation sites is 2. The van der Waals surface area contributed by atoms with Gasteiger partial charge in [0.05, 0.1) is 11.1 Å². The molecule has 3 aliphatic heterocycles. The van der Waals surface area contributed by atoms with Crippen molar-refractivity contribution in [3.05, 3.63) is 93.3 Å². The Morgan fingerprint density at radius 1 is 0.698 bits per heavy atom. The van der Waals surface area contributed by atoms with Crippen molar-refractivity contribution in [2.24, 2.45) is 0 Å². The minimum atomic E-state index is -1.22. The number of rotatable bonds is 4. The van der Waals surface area contributed by atoms with E-state index in [4.69, 9.17) is 16.0 Å². The third-order valence-electron chi connectivity index (χ3n) is 8.78. The number of unbranched alkanes of at least 4 members (excludes halogenated alkanes) is 1. The average Bonchev–Trinajstić information content (AvgIpc) is 3.19. The zero-order valence-corrected chi connectivity index (χ0v) is 27.3. The Morgan fingerprint density at radius 3 is 1.74 bits per heavy atom. The Morgan fingerprint density at radius 2 is 1.23 bits per heavy atom. The van der Waals surface area contributed by atoms with Gasteiger partial charge in [0.2, 0.25) is 6.54 Å². The van der Waals surface area contributed by atoms with E-state index in [1.54, 1.807) is 0 Å². The summed E-state index contributed by atoms with van der Waals surface area (Å²) in [6.45, 7) is 28.0. The van der Waals surface area contributed by atoms with Gasteiger partial charge in [0.1, 0.15) is 0 Å². The first kappa shape index (κ1) is 29.2. The topological polar surface area (TPSA) is 28.8 Å². The fourth-order valence-electron chi connectivity index (χ4n) is 6.35. The minimum absolute atomic E-state index is 0.00367. The summed E-state index contributed by atoms with van der Waals surface area (Å²) in [5.41, 5.74) is 8.85. The molecule has 0 saturated heterocycles. The van der Waals surface area contributed by atoms with Crippen LogP contribution < -0.4 is 9.47 Å². The minimum Gasteiger partial charge on any atom is -0.339 e. The van der Waals surface area contributed by atoms with Crippen molar-refractivity contribution in [1.82, 2.24) is 0 Å². The molecule has 1 atom stereocenters. The smallest absolute Gasteiger partial charge is 0.339 e. The van der Waals surface area contributed by atoms with Gasteiger partial charge in [-0.15, -0.1) is 0 Å². The first-order valence-corrected chi connectivity index (χ1v) is 15.6. The lowest BCUT2D eigenvalue weighted by molar-refractivity contribution is -0.831. The van der Waals surface area contributed by atoms with Gasteiger partial charge in [0.25, 0.3) is 11.4 Å². The maximum absolute atomic E-state index is 7.24. The molecular formula is C38H45N3O2+2. The van der Waals surface area contributed by atoms with Crippen LogP contribution in [0.15, 0.2) is 48.5 Å². The van der Waals surface area contributed by atoms with Crippen molar-refractivity contribution < 1.29 is 18.6 Å². The quantitative estimate of drug-likeness (QED) is 0.177. The van der Waals surface area contributed by atoms with E-state index in [0.717, 1.165) is 53.3 Å². The summed E-state index contributed by atoms with van der Waals surface area (Å²) in [5.74, 6) is 1.74. The first-order chi connectivity index (χ1) is 20.1. The highest BCUT2D eigenvalue weighted by molar-refractivity contribution is 5.87. The Bertz CT molecular complexity index is 1730. The summed E-state index contributed by atoms with van der Waals surface area (Å²) in [6, 6.07) is 16.4. The third kappa shape index (κ3) is 4.85. The second-order valence-electron chi connectivity index (χ2n) is 15.3. The summed E-state index contributed by atoms with van der Waals surface area (Å²) in [7, 11) is 0. The van der Waals surface area contributed by atoms with E-state index in [-0.39, 0.29) is 16.2 Å². The molecule has 1 spiro atoms. The molecule has 0 radical (unpaired) electrons. The van der Waals surface area contributed by atoms with Crippen LogP contribution in [0.3, 0.4) is 0 Å². The molecule has 0 saturated carbocycles. The van der Waals surface area contributed by atoms with Gasteiger partial charge in [0.15, 0.2) is 23.9 Å². The van der Waals surface area contributed by atoms with Crippen LogP contribution in [0.4, 0.5) is 11.4 Å². The van der Waals surface area contributed by atoms with Gasteiger partial charge in [-0.2, -0.15) is 0 Å². The van der Waals surface area contributed by atoms with E-state index >= 15 is 0 Å². The standard InChI is InChI=1S/C38H45N3O2/c1-35(2,3)28-21-27-24-41-32-17-12-11-16-31(32)40-23-26-19-25(15-13-14-18-39-10)20-29(36(4,5)6)33(26)42-38(40,41)43-34(27)30(22-28)37(7,8)9/h11-12,16-17,19-24H,13-15,18H2,1-9H3/q+2. The highest BCUT2D eigenvalue weighted by atomic mass is 16.7. The molecule has 222 valence electrons. The van der Waals surface area contributed by atoms with Gasteiger partial charge in [-0.1, -0.05) is 86.6 Å². The van der Waals surface area contributed by atoms with Crippen molar-refractivity contribution in [2.45, 2.75) is 104 Å². The van der Waals surface area contributed by atoms with Crippen molar-refractivity contribution in [1.29, 1.82) is 0 Å². The number of hydrogen-bond acceptors (Lipinski definition) is 2. The van der Waals surface area contributed by atoms with Crippen LogP contribution in [0.2, 0.25) is 0 Å². The normalized spacial score (nSPS) is 18.5. The van der Waals surface area contributed by atoms with E-state index in [1.807, 2.05) is 0 Å². The number of ether oxygens (including phenoxy) is 2. The van der Waals surface area contributed by atoms with Gasteiger partial charge in [-0.05, 0) is 61.5 Å². The maximum Gasteiger partial charge on any atom is 0.715 e. The zero-order valence-electron chi connectivity index (χ0n) is 27.3. The Kier molecular flexibility index (Phi) is 6.65. The second kappa shape index (κ2) is 9.81. The molecule has 3 aromatic rings. The van der Waals surface area contributed by atoms with Gasteiger partial charge in [0, 0.05) is 29.7 Å². The molecule has 0 aliphatic carbocycles. The Balaban J connectivity index is 1.58. The zero-order chi connectivity index (χ0) is 30.9. The summed E-state index contributed by atoms with van der Waals surface area (Å²) in [4.78, 5) is 3.54. The molecule has 0 bridgehead atoms. The van der Waals surface area contributed by atoms with Crippen LogP contribution in [0, 0.1) is 6.57 Å². The lowest BCUT2D eigenvalue weighted by Crippen LogP contribution is -2.59. The van der Waals surface area contributed by atoms with Crippen molar-refractivity contribution in [3.8, 4) is 11.5 Å². The molecule has 6 rings (SSSR count). The Hall–Kier alpha value is -3.91. The van der Waals surface area contributed by atoms with E-state index < -0.39 is 6.03 Å². The number of benzene rings is 3. The largest absolute Gasteiger partial charge is 0.715 e. The second-order valence-corrected chi connectivity index (χ2v) is 15.3. The molecule has 0 N–H and O–H groups in total. The first-order valence-electron chi connectivity index (χ1n) is 15.6. The van der Waals surface area contributed by atoms with Crippen LogP contribution in [0.25, 0.3) is 4.85 Å². The molecule has 3 heterocycles. The van der Waals surface area contributed by atoms with Crippen LogP contribution in [0.5, 0.6) is 11.5 Å². The van der Waals surface area contributed by atoms with Crippen LogP contribution in [0.1, 0.15) is 109 Å². The maximum atomic E-state index is 7.24. The van der Waals surface area contributed by atoms with Gasteiger partial charge < -0.3 is 14.3 Å². The van der Waals surface area contributed by atoms with E-state index in [1.165, 1.54) is 22.3 Å². The summed E-state index contributed by atoms with van der Waals surface area (Å²) in [5, 5.41) is 0. The highest BCUT2D eigenvalue weighted by Gasteiger charge is 2.73. The SMILES string of the molecule is [C-]#[N+]CCCCc1cc2c(c(C(C)(C)C)c1)OC13Oc4c(cc(C(C)(C)C)cc4C(C)(C)C)C=[N+]1c1ccccc1[N+]3=C2.